The minimum atomic E-state index is -3.38. The highest BCUT2D eigenvalue weighted by atomic mass is 32.2. The fourth-order valence-electron chi connectivity index (χ4n) is 1.50. The van der Waals surface area contributed by atoms with E-state index in [4.69, 9.17) is 0 Å². The van der Waals surface area contributed by atoms with Crippen molar-refractivity contribution in [3.63, 3.8) is 0 Å². The number of allylic oxidation sites excluding steroid dienone is 3. The van der Waals surface area contributed by atoms with Crippen molar-refractivity contribution < 1.29 is 8.42 Å². The Hall–Kier alpha value is -1.81. The smallest absolute Gasteiger partial charge is 0.201 e. The number of sulfone groups is 1. The van der Waals surface area contributed by atoms with Gasteiger partial charge in [-0.05, 0) is 24.3 Å². The van der Waals surface area contributed by atoms with Gasteiger partial charge < -0.3 is 4.90 Å². The van der Waals surface area contributed by atoms with Crippen LogP contribution in [0.3, 0.4) is 0 Å². The third-order valence-corrected chi connectivity index (χ3v) is 3.92. The van der Waals surface area contributed by atoms with Gasteiger partial charge in [-0.15, -0.1) is 0 Å². The largest absolute Gasteiger partial charge is 0.350 e. The average molecular weight is 247 g/mol. The molecule has 17 heavy (non-hydrogen) atoms. The van der Waals surface area contributed by atoms with Gasteiger partial charge in [-0.2, -0.15) is 0 Å². The van der Waals surface area contributed by atoms with Gasteiger partial charge in [0.1, 0.15) is 0 Å². The third-order valence-electron chi connectivity index (χ3n) is 2.44. The number of hydrogen-bond acceptors (Lipinski definition) is 3. The summed E-state index contributed by atoms with van der Waals surface area (Å²) in [5, 5.41) is 1.28. The summed E-state index contributed by atoms with van der Waals surface area (Å²) in [5.41, 5.74) is 0.649. The molecule has 3 nitrogen and oxygen atoms in total. The second kappa shape index (κ2) is 4.59. The summed E-state index contributed by atoms with van der Waals surface area (Å²) < 4.78 is 24.2. The van der Waals surface area contributed by atoms with Gasteiger partial charge >= 0.3 is 0 Å². The molecule has 2 rings (SSSR count). The Kier molecular flexibility index (Phi) is 3.15. The molecular formula is C13H13NO2S. The van der Waals surface area contributed by atoms with E-state index in [2.05, 4.69) is 0 Å². The van der Waals surface area contributed by atoms with Crippen LogP contribution in [0.25, 0.3) is 0 Å². The van der Waals surface area contributed by atoms with Crippen LogP contribution in [0.1, 0.15) is 0 Å². The molecule has 1 aliphatic rings. The fourth-order valence-corrected chi connectivity index (χ4v) is 2.73. The van der Waals surface area contributed by atoms with Gasteiger partial charge in [0.25, 0.3) is 0 Å². The van der Waals surface area contributed by atoms with Crippen molar-refractivity contribution in [3.05, 3.63) is 65.9 Å². The highest BCUT2D eigenvalue weighted by Gasteiger charge is 2.13. The van der Waals surface area contributed by atoms with E-state index in [1.165, 1.54) is 5.41 Å². The summed E-state index contributed by atoms with van der Waals surface area (Å²) >= 11 is 0. The third kappa shape index (κ3) is 2.65. The molecule has 0 aliphatic carbocycles. The standard InChI is InChI=1S/C13H13NO2S/c1-14-10-6-5-7-12(14)11-17(15,16)13-8-3-2-4-9-13/h2-11H,1H3/b12-11+. The van der Waals surface area contributed by atoms with E-state index in [9.17, 15) is 8.42 Å². The number of hydrogen-bond donors (Lipinski definition) is 0. The van der Waals surface area contributed by atoms with E-state index in [1.54, 1.807) is 41.3 Å². The van der Waals surface area contributed by atoms with Crippen LogP contribution < -0.4 is 0 Å². The zero-order chi connectivity index (χ0) is 12.3. The highest BCUT2D eigenvalue weighted by molar-refractivity contribution is 7.94. The molecule has 0 amide bonds. The Balaban J connectivity index is 2.39. The molecule has 0 unspecified atom stereocenters. The van der Waals surface area contributed by atoms with Crippen LogP contribution >= 0.6 is 0 Å². The molecule has 0 atom stereocenters. The van der Waals surface area contributed by atoms with Crippen LogP contribution in [0.15, 0.2) is 70.8 Å². The van der Waals surface area contributed by atoms with Gasteiger partial charge in [0.2, 0.25) is 9.84 Å². The Labute approximate surface area is 101 Å². The molecule has 88 valence electrons. The molecule has 0 radical (unpaired) electrons. The SMILES string of the molecule is CN1C=CC=C/C1=C\S(=O)(=O)c1ccccc1. The van der Waals surface area contributed by atoms with Crippen LogP contribution in [0.2, 0.25) is 0 Å². The topological polar surface area (TPSA) is 37.4 Å². The first kappa shape index (κ1) is 11.7. The van der Waals surface area contributed by atoms with Gasteiger partial charge in [-0.3, -0.25) is 0 Å². The van der Waals surface area contributed by atoms with Crippen molar-refractivity contribution >= 4 is 9.84 Å². The lowest BCUT2D eigenvalue weighted by molar-refractivity contribution is 0.578. The first-order valence-electron chi connectivity index (χ1n) is 5.19. The van der Waals surface area contributed by atoms with Gasteiger partial charge in [0.15, 0.2) is 0 Å². The summed E-state index contributed by atoms with van der Waals surface area (Å²) in [4.78, 5) is 2.07. The molecule has 1 aromatic carbocycles. The van der Waals surface area contributed by atoms with Gasteiger partial charge in [-0.25, -0.2) is 8.42 Å². The summed E-state index contributed by atoms with van der Waals surface area (Å²) in [7, 11) is -1.57. The molecule has 0 bridgehead atoms. The van der Waals surface area contributed by atoms with Crippen LogP contribution in [-0.2, 0) is 9.84 Å². The number of likely N-dealkylation sites (N-methyl/N-ethyl adjacent to an activating group) is 1. The molecule has 0 saturated carbocycles. The molecule has 0 fully saturated rings. The summed E-state index contributed by atoms with van der Waals surface area (Å²) in [6.45, 7) is 0. The van der Waals surface area contributed by atoms with Crippen molar-refractivity contribution in [2.75, 3.05) is 7.05 Å². The second-order valence-electron chi connectivity index (χ2n) is 3.71. The Morgan fingerprint density at radius 2 is 1.82 bits per heavy atom. The van der Waals surface area contributed by atoms with Crippen LogP contribution in [0.4, 0.5) is 0 Å². The molecule has 0 N–H and O–H groups in total. The summed E-state index contributed by atoms with van der Waals surface area (Å²) in [6.07, 6.45) is 7.24. The van der Waals surface area contributed by atoms with Crippen molar-refractivity contribution in [1.82, 2.24) is 4.90 Å². The predicted octanol–water partition coefficient (Wildman–Crippen LogP) is 2.32. The number of rotatable bonds is 2. The maximum atomic E-state index is 12.1. The lowest BCUT2D eigenvalue weighted by Crippen LogP contribution is -2.12. The molecule has 0 aromatic heterocycles. The molecule has 1 heterocycles. The van der Waals surface area contributed by atoms with Crippen molar-refractivity contribution in [3.8, 4) is 0 Å². The molecule has 4 heteroatoms. The Morgan fingerprint density at radius 1 is 1.12 bits per heavy atom. The van der Waals surface area contributed by atoms with Crippen LogP contribution in [0, 0.1) is 0 Å². The zero-order valence-electron chi connectivity index (χ0n) is 9.45. The predicted molar refractivity (Wildman–Crippen MR) is 67.8 cm³/mol. The van der Waals surface area contributed by atoms with E-state index >= 15 is 0 Å². The van der Waals surface area contributed by atoms with E-state index in [0.717, 1.165) is 0 Å². The minimum Gasteiger partial charge on any atom is -0.350 e. The Bertz CT molecular complexity index is 583. The molecule has 1 aromatic rings. The minimum absolute atomic E-state index is 0.309. The lowest BCUT2D eigenvalue weighted by Gasteiger charge is -2.17. The van der Waals surface area contributed by atoms with E-state index < -0.39 is 9.84 Å². The van der Waals surface area contributed by atoms with E-state index in [0.29, 0.717) is 10.6 Å². The van der Waals surface area contributed by atoms with Crippen LogP contribution in [0.5, 0.6) is 0 Å². The van der Waals surface area contributed by atoms with Gasteiger partial charge in [0, 0.05) is 13.2 Å². The quantitative estimate of drug-likeness (QED) is 0.805. The van der Waals surface area contributed by atoms with Crippen molar-refractivity contribution in [1.29, 1.82) is 0 Å². The van der Waals surface area contributed by atoms with Gasteiger partial charge in [-0.1, -0.05) is 24.3 Å². The lowest BCUT2D eigenvalue weighted by atomic mass is 10.3. The van der Waals surface area contributed by atoms with E-state index in [-0.39, 0.29) is 0 Å². The molecule has 1 aliphatic heterocycles. The average Bonchev–Trinajstić information content (AvgIpc) is 2.33. The first-order valence-corrected chi connectivity index (χ1v) is 6.74. The van der Waals surface area contributed by atoms with Gasteiger partial charge in [0.05, 0.1) is 16.0 Å². The highest BCUT2D eigenvalue weighted by Crippen LogP contribution is 2.17. The first-order chi connectivity index (χ1) is 8.09. The van der Waals surface area contributed by atoms with Crippen LogP contribution in [-0.4, -0.2) is 20.4 Å². The maximum absolute atomic E-state index is 12.1. The van der Waals surface area contributed by atoms with E-state index in [1.807, 2.05) is 25.4 Å². The summed E-state index contributed by atoms with van der Waals surface area (Å²) in [6, 6.07) is 8.41. The monoisotopic (exact) mass is 247 g/mol. The number of benzene rings is 1. The van der Waals surface area contributed by atoms with Crippen molar-refractivity contribution in [2.45, 2.75) is 4.90 Å². The molecular weight excluding hydrogens is 234 g/mol. The van der Waals surface area contributed by atoms with Crippen molar-refractivity contribution in [2.24, 2.45) is 0 Å². The molecule has 0 saturated heterocycles. The zero-order valence-corrected chi connectivity index (χ0v) is 10.3. The maximum Gasteiger partial charge on any atom is 0.201 e. The normalized spacial score (nSPS) is 17.7. The number of nitrogens with zero attached hydrogens (tertiary/aromatic N) is 1. The fraction of sp³-hybridized carbons (Fsp3) is 0.0769. The Morgan fingerprint density at radius 3 is 2.47 bits per heavy atom. The second-order valence-corrected chi connectivity index (χ2v) is 5.51. The molecule has 0 spiro atoms. The summed E-state index contributed by atoms with van der Waals surface area (Å²) in [5.74, 6) is 0.